The maximum atomic E-state index is 13.3. The Labute approximate surface area is 152 Å². The molecule has 3 rings (SSSR count). The number of halogens is 1. The molecule has 2 heterocycles. The van der Waals surface area contributed by atoms with Crippen LogP contribution in [0.5, 0.6) is 0 Å². The van der Waals surface area contributed by atoms with Gasteiger partial charge in [0.05, 0.1) is 11.4 Å². The van der Waals surface area contributed by atoms with E-state index < -0.39 is 0 Å². The lowest BCUT2D eigenvalue weighted by Gasteiger charge is -2.14. The van der Waals surface area contributed by atoms with Gasteiger partial charge in [-0.1, -0.05) is 20.8 Å². The number of aryl methyl sites for hydroxylation is 1. The maximum Gasteiger partial charge on any atom is 0.273 e. The number of amides is 1. The van der Waals surface area contributed by atoms with E-state index in [0.29, 0.717) is 17.2 Å². The highest BCUT2D eigenvalue weighted by Crippen LogP contribution is 2.26. The third-order valence-electron chi connectivity index (χ3n) is 4.40. The van der Waals surface area contributed by atoms with E-state index in [-0.39, 0.29) is 17.1 Å². The molecule has 0 aliphatic heterocycles. The monoisotopic (exact) mass is 354 g/mol. The Hall–Kier alpha value is -2.89. The molecule has 0 spiro atoms. The first-order valence-corrected chi connectivity index (χ1v) is 8.47. The molecule has 1 N–H and O–H groups in total. The summed E-state index contributed by atoms with van der Waals surface area (Å²) in [6.07, 6.45) is 0. The highest BCUT2D eigenvalue weighted by Gasteiger charge is 2.22. The lowest BCUT2D eigenvalue weighted by molar-refractivity contribution is 0.101. The van der Waals surface area contributed by atoms with E-state index in [1.54, 1.807) is 22.9 Å². The number of hydrogen-bond acceptors (Lipinski definition) is 2. The van der Waals surface area contributed by atoms with Crippen LogP contribution in [0.4, 0.5) is 10.2 Å². The molecule has 5 nitrogen and oxygen atoms in total. The summed E-state index contributed by atoms with van der Waals surface area (Å²) >= 11 is 0. The normalized spacial score (nSPS) is 11.6. The van der Waals surface area contributed by atoms with Crippen LogP contribution in [0.1, 0.15) is 42.6 Å². The summed E-state index contributed by atoms with van der Waals surface area (Å²) in [6.45, 7) is 8.10. The lowest BCUT2D eigenvalue weighted by Crippen LogP contribution is -2.18. The van der Waals surface area contributed by atoms with Crippen LogP contribution < -0.4 is 5.32 Å². The van der Waals surface area contributed by atoms with Gasteiger partial charge in [0.2, 0.25) is 0 Å². The number of benzene rings is 1. The fourth-order valence-corrected chi connectivity index (χ4v) is 2.64. The SMILES string of the molecule is Cc1ccc(C(=O)Nc2cc(C(C)(C)C)nn2-c2ccc(F)cc2)n1C. The minimum absolute atomic E-state index is 0.188. The smallest absolute Gasteiger partial charge is 0.273 e. The van der Waals surface area contributed by atoms with Crippen LogP contribution in [-0.2, 0) is 12.5 Å². The molecule has 0 unspecified atom stereocenters. The number of nitrogens with one attached hydrogen (secondary N) is 1. The summed E-state index contributed by atoms with van der Waals surface area (Å²) in [5.41, 5.74) is 2.89. The molecule has 0 aliphatic carbocycles. The third kappa shape index (κ3) is 3.40. The van der Waals surface area contributed by atoms with Crippen LogP contribution in [0.2, 0.25) is 0 Å². The number of anilines is 1. The van der Waals surface area contributed by atoms with Gasteiger partial charge in [-0.3, -0.25) is 4.79 Å². The number of aromatic nitrogens is 3. The van der Waals surface area contributed by atoms with Crippen molar-refractivity contribution < 1.29 is 9.18 Å². The average Bonchev–Trinajstić information content (AvgIpc) is 3.13. The topological polar surface area (TPSA) is 51.9 Å². The van der Waals surface area contributed by atoms with Gasteiger partial charge >= 0.3 is 0 Å². The van der Waals surface area contributed by atoms with E-state index in [9.17, 15) is 9.18 Å². The largest absolute Gasteiger partial charge is 0.344 e. The zero-order valence-electron chi connectivity index (χ0n) is 15.7. The van der Waals surface area contributed by atoms with Gasteiger partial charge in [-0.05, 0) is 43.3 Å². The first-order valence-electron chi connectivity index (χ1n) is 8.47. The number of carbonyl (C=O) groups excluding carboxylic acids is 1. The van der Waals surface area contributed by atoms with Crippen molar-refractivity contribution in [2.75, 3.05) is 5.32 Å². The molecular weight excluding hydrogens is 331 g/mol. The number of nitrogens with zero attached hydrogens (tertiary/aromatic N) is 3. The van der Waals surface area contributed by atoms with Crippen molar-refractivity contribution in [1.82, 2.24) is 14.3 Å². The lowest BCUT2D eigenvalue weighted by atomic mass is 9.92. The Morgan fingerprint density at radius 3 is 2.31 bits per heavy atom. The van der Waals surface area contributed by atoms with Crippen molar-refractivity contribution in [1.29, 1.82) is 0 Å². The van der Waals surface area contributed by atoms with Gasteiger partial charge in [0.15, 0.2) is 0 Å². The van der Waals surface area contributed by atoms with Crippen LogP contribution in [0.15, 0.2) is 42.5 Å². The van der Waals surface area contributed by atoms with E-state index in [2.05, 4.69) is 31.2 Å². The standard InChI is InChI=1S/C20H23FN4O/c1-13-6-11-16(24(13)5)19(26)22-18-12-17(20(2,3)4)23-25(18)15-9-7-14(21)8-10-15/h6-12H,1-5H3,(H,22,26). The molecule has 0 atom stereocenters. The summed E-state index contributed by atoms with van der Waals surface area (Å²) in [5, 5.41) is 7.56. The molecule has 3 aromatic rings. The van der Waals surface area contributed by atoms with E-state index in [0.717, 1.165) is 11.4 Å². The highest BCUT2D eigenvalue weighted by atomic mass is 19.1. The Kier molecular flexibility index (Phi) is 4.44. The predicted molar refractivity (Wildman–Crippen MR) is 100 cm³/mol. The molecule has 0 saturated heterocycles. The van der Waals surface area contributed by atoms with Gasteiger partial charge in [-0.2, -0.15) is 5.10 Å². The molecule has 0 fully saturated rings. The van der Waals surface area contributed by atoms with Crippen LogP contribution >= 0.6 is 0 Å². The first kappa shape index (κ1) is 17.9. The van der Waals surface area contributed by atoms with Gasteiger partial charge in [0.25, 0.3) is 5.91 Å². The van der Waals surface area contributed by atoms with Gasteiger partial charge in [-0.15, -0.1) is 0 Å². The van der Waals surface area contributed by atoms with Crippen LogP contribution in [-0.4, -0.2) is 20.3 Å². The highest BCUT2D eigenvalue weighted by molar-refractivity contribution is 6.03. The van der Waals surface area contributed by atoms with E-state index in [1.165, 1.54) is 12.1 Å². The second-order valence-electron chi connectivity index (χ2n) is 7.43. The van der Waals surface area contributed by atoms with Crippen LogP contribution in [0.3, 0.4) is 0 Å². The number of carbonyl (C=O) groups is 1. The Bertz CT molecular complexity index is 945. The quantitative estimate of drug-likeness (QED) is 0.766. The fourth-order valence-electron chi connectivity index (χ4n) is 2.64. The predicted octanol–water partition coefficient (Wildman–Crippen LogP) is 4.21. The minimum Gasteiger partial charge on any atom is -0.344 e. The van der Waals surface area contributed by atoms with Gasteiger partial charge in [0, 0.05) is 24.2 Å². The molecule has 1 aromatic carbocycles. The summed E-state index contributed by atoms with van der Waals surface area (Å²) in [7, 11) is 1.85. The molecule has 26 heavy (non-hydrogen) atoms. The first-order chi connectivity index (χ1) is 12.2. The van der Waals surface area contributed by atoms with Crippen molar-refractivity contribution >= 4 is 11.7 Å². The zero-order valence-corrected chi connectivity index (χ0v) is 15.7. The Morgan fingerprint density at radius 1 is 1.12 bits per heavy atom. The van der Waals surface area contributed by atoms with Gasteiger partial charge in [0.1, 0.15) is 17.3 Å². The van der Waals surface area contributed by atoms with Crippen molar-refractivity contribution in [3.05, 3.63) is 65.4 Å². The van der Waals surface area contributed by atoms with Crippen molar-refractivity contribution in [3.63, 3.8) is 0 Å². The van der Waals surface area contributed by atoms with E-state index in [4.69, 9.17) is 0 Å². The molecule has 0 bridgehead atoms. The summed E-state index contributed by atoms with van der Waals surface area (Å²) < 4.78 is 16.7. The third-order valence-corrected chi connectivity index (χ3v) is 4.40. The fraction of sp³-hybridized carbons (Fsp3) is 0.300. The van der Waals surface area contributed by atoms with E-state index >= 15 is 0 Å². The second-order valence-corrected chi connectivity index (χ2v) is 7.43. The Morgan fingerprint density at radius 2 is 1.77 bits per heavy atom. The van der Waals surface area contributed by atoms with Crippen LogP contribution in [0, 0.1) is 12.7 Å². The van der Waals surface area contributed by atoms with Crippen molar-refractivity contribution in [2.45, 2.75) is 33.1 Å². The van der Waals surface area contributed by atoms with Crippen molar-refractivity contribution in [2.24, 2.45) is 7.05 Å². The molecule has 1 amide bonds. The molecule has 0 radical (unpaired) electrons. The van der Waals surface area contributed by atoms with Gasteiger partial charge < -0.3 is 9.88 Å². The molecule has 0 saturated carbocycles. The molecular formula is C20H23FN4O. The van der Waals surface area contributed by atoms with Gasteiger partial charge in [-0.25, -0.2) is 9.07 Å². The molecule has 2 aromatic heterocycles. The molecule has 136 valence electrons. The molecule has 6 heteroatoms. The number of hydrogen-bond donors (Lipinski definition) is 1. The van der Waals surface area contributed by atoms with Crippen molar-refractivity contribution in [3.8, 4) is 5.69 Å². The summed E-state index contributed by atoms with van der Waals surface area (Å²) in [6, 6.07) is 11.6. The zero-order chi connectivity index (χ0) is 19.1. The summed E-state index contributed by atoms with van der Waals surface area (Å²) in [4.78, 5) is 12.7. The second kappa shape index (κ2) is 6.44. The average molecular weight is 354 g/mol. The molecule has 0 aliphatic rings. The van der Waals surface area contributed by atoms with E-state index in [1.807, 2.05) is 30.7 Å². The summed E-state index contributed by atoms with van der Waals surface area (Å²) in [5.74, 6) is 0.0107. The maximum absolute atomic E-state index is 13.3. The number of rotatable bonds is 3. The Balaban J connectivity index is 2.02. The minimum atomic E-state index is -0.318. The van der Waals surface area contributed by atoms with Crippen LogP contribution in [0.25, 0.3) is 5.69 Å².